The number of nitrogens with one attached hydrogen (secondary N) is 1. The molecule has 0 aliphatic carbocycles. The van der Waals surface area contributed by atoms with E-state index in [1.165, 1.54) is 5.56 Å². The summed E-state index contributed by atoms with van der Waals surface area (Å²) in [6.07, 6.45) is 0. The highest BCUT2D eigenvalue weighted by molar-refractivity contribution is 5.11. The molecule has 0 atom stereocenters. The molecule has 1 aromatic carbocycles. The van der Waals surface area contributed by atoms with Crippen LogP contribution in [0.3, 0.4) is 0 Å². The molecule has 0 amide bonds. The van der Waals surface area contributed by atoms with Crippen molar-refractivity contribution >= 4 is 0 Å². The molecular formula is C9H15N. The van der Waals surface area contributed by atoms with Crippen molar-refractivity contribution < 1.29 is 0 Å². The first kappa shape index (κ1) is 9.18. The van der Waals surface area contributed by atoms with Crippen molar-refractivity contribution in [3.05, 3.63) is 35.9 Å². The van der Waals surface area contributed by atoms with Gasteiger partial charge in [-0.25, -0.2) is 0 Å². The third-order valence-corrected chi connectivity index (χ3v) is 0.940. The van der Waals surface area contributed by atoms with E-state index in [-0.39, 0.29) is 0 Å². The minimum Gasteiger partial charge on any atom is -0.323 e. The lowest BCUT2D eigenvalue weighted by Crippen LogP contribution is -1.89. The third kappa shape index (κ3) is 5.32. The lowest BCUT2D eigenvalue weighted by atomic mass is 10.2. The molecule has 0 unspecified atom stereocenters. The maximum Gasteiger partial charge on any atom is -0.0167 e. The zero-order valence-corrected chi connectivity index (χ0v) is 6.89. The minimum absolute atomic E-state index is 1.32. The number of hydrogen-bond acceptors (Lipinski definition) is 1. The fourth-order valence-corrected chi connectivity index (χ4v) is 0.534. The summed E-state index contributed by atoms with van der Waals surface area (Å²) in [5.74, 6) is 0. The lowest BCUT2D eigenvalue weighted by molar-refractivity contribution is 1.02. The first-order chi connectivity index (χ1) is 4.81. The van der Waals surface area contributed by atoms with Crippen molar-refractivity contribution in [1.82, 2.24) is 5.32 Å². The maximum absolute atomic E-state index is 2.75. The summed E-state index contributed by atoms with van der Waals surface area (Å²) in [5, 5.41) is 2.75. The molecular weight excluding hydrogens is 122 g/mol. The van der Waals surface area contributed by atoms with Crippen LogP contribution in [0.15, 0.2) is 30.3 Å². The Balaban J connectivity index is 0.000000236. The standard InChI is InChI=1S/C7H8.C2H7N/c1-7-5-3-2-4-6-7;1-3-2/h2-6H,1H3;3H,1-2H3. The van der Waals surface area contributed by atoms with Crippen LogP contribution in [0.5, 0.6) is 0 Å². The van der Waals surface area contributed by atoms with E-state index < -0.39 is 0 Å². The number of benzene rings is 1. The third-order valence-electron chi connectivity index (χ3n) is 0.940. The molecule has 0 aliphatic rings. The van der Waals surface area contributed by atoms with E-state index in [1.54, 1.807) is 0 Å². The summed E-state index contributed by atoms with van der Waals surface area (Å²) < 4.78 is 0. The number of hydrogen-bond donors (Lipinski definition) is 1. The van der Waals surface area contributed by atoms with Gasteiger partial charge in [-0.2, -0.15) is 0 Å². The zero-order valence-electron chi connectivity index (χ0n) is 6.89. The molecule has 56 valence electrons. The molecule has 0 heterocycles. The van der Waals surface area contributed by atoms with E-state index in [4.69, 9.17) is 0 Å². The normalized spacial score (nSPS) is 7.90. The summed E-state index contributed by atoms with van der Waals surface area (Å²) in [5.41, 5.74) is 1.32. The molecule has 10 heavy (non-hydrogen) atoms. The molecule has 1 aromatic rings. The first-order valence-corrected chi connectivity index (χ1v) is 3.41. The van der Waals surface area contributed by atoms with Crippen LogP contribution < -0.4 is 5.32 Å². The molecule has 0 aliphatic heterocycles. The molecule has 0 bridgehead atoms. The smallest absolute Gasteiger partial charge is 0.0167 e. The lowest BCUT2D eigenvalue weighted by Gasteiger charge is -1.82. The van der Waals surface area contributed by atoms with E-state index in [0.717, 1.165) is 0 Å². The Morgan fingerprint density at radius 1 is 1.00 bits per heavy atom. The topological polar surface area (TPSA) is 12.0 Å². The average Bonchev–Trinajstić information content (AvgIpc) is 1.91. The molecule has 0 saturated heterocycles. The van der Waals surface area contributed by atoms with Crippen LogP contribution in [0.25, 0.3) is 0 Å². The van der Waals surface area contributed by atoms with Gasteiger partial charge in [-0.1, -0.05) is 35.9 Å². The fourth-order valence-electron chi connectivity index (χ4n) is 0.534. The van der Waals surface area contributed by atoms with E-state index in [0.29, 0.717) is 0 Å². The van der Waals surface area contributed by atoms with E-state index in [2.05, 4.69) is 24.4 Å². The SMILES string of the molecule is CNC.Cc1ccccc1. The zero-order chi connectivity index (χ0) is 7.82. The Morgan fingerprint density at radius 3 is 1.60 bits per heavy atom. The van der Waals surface area contributed by atoms with E-state index >= 15 is 0 Å². The Morgan fingerprint density at radius 2 is 1.40 bits per heavy atom. The van der Waals surface area contributed by atoms with Crippen LogP contribution in [0.1, 0.15) is 5.56 Å². The second-order valence-electron chi connectivity index (χ2n) is 2.15. The summed E-state index contributed by atoms with van der Waals surface area (Å²) >= 11 is 0. The Kier molecular flexibility index (Phi) is 5.79. The van der Waals surface area contributed by atoms with Crippen molar-refractivity contribution in [2.24, 2.45) is 0 Å². The van der Waals surface area contributed by atoms with Crippen LogP contribution >= 0.6 is 0 Å². The van der Waals surface area contributed by atoms with Gasteiger partial charge in [-0.3, -0.25) is 0 Å². The molecule has 0 aromatic heterocycles. The minimum atomic E-state index is 1.32. The van der Waals surface area contributed by atoms with Gasteiger partial charge in [-0.05, 0) is 21.0 Å². The van der Waals surface area contributed by atoms with Crippen LogP contribution in [0.4, 0.5) is 0 Å². The molecule has 0 spiro atoms. The second-order valence-corrected chi connectivity index (χ2v) is 2.15. The van der Waals surface area contributed by atoms with E-state index in [9.17, 15) is 0 Å². The highest BCUT2D eigenvalue weighted by Crippen LogP contribution is 1.92. The van der Waals surface area contributed by atoms with Gasteiger partial charge in [0.1, 0.15) is 0 Å². The summed E-state index contributed by atoms with van der Waals surface area (Å²) in [6.45, 7) is 2.08. The second kappa shape index (κ2) is 6.30. The average molecular weight is 137 g/mol. The fraction of sp³-hybridized carbons (Fsp3) is 0.333. The van der Waals surface area contributed by atoms with Crippen LogP contribution in [-0.2, 0) is 0 Å². The first-order valence-electron chi connectivity index (χ1n) is 3.41. The van der Waals surface area contributed by atoms with Gasteiger partial charge in [0.15, 0.2) is 0 Å². The van der Waals surface area contributed by atoms with Crippen LogP contribution in [-0.4, -0.2) is 14.1 Å². The summed E-state index contributed by atoms with van der Waals surface area (Å²) in [7, 11) is 3.75. The molecule has 1 nitrogen and oxygen atoms in total. The van der Waals surface area contributed by atoms with Gasteiger partial charge in [-0.15, -0.1) is 0 Å². The van der Waals surface area contributed by atoms with Crippen molar-refractivity contribution in [3.63, 3.8) is 0 Å². The molecule has 0 radical (unpaired) electrons. The molecule has 0 saturated carbocycles. The molecule has 1 N–H and O–H groups in total. The van der Waals surface area contributed by atoms with E-state index in [1.807, 2.05) is 32.3 Å². The van der Waals surface area contributed by atoms with Crippen molar-refractivity contribution in [2.45, 2.75) is 6.92 Å². The Bertz CT molecular complexity index is 146. The molecule has 1 heteroatoms. The van der Waals surface area contributed by atoms with Crippen LogP contribution in [0, 0.1) is 6.92 Å². The Labute approximate surface area is 63.1 Å². The van der Waals surface area contributed by atoms with Crippen molar-refractivity contribution in [3.8, 4) is 0 Å². The Hall–Kier alpha value is -0.820. The van der Waals surface area contributed by atoms with Gasteiger partial charge in [0, 0.05) is 0 Å². The van der Waals surface area contributed by atoms with Gasteiger partial charge < -0.3 is 5.32 Å². The largest absolute Gasteiger partial charge is 0.323 e. The predicted molar refractivity (Wildman–Crippen MR) is 46.2 cm³/mol. The quantitative estimate of drug-likeness (QED) is 0.575. The maximum atomic E-state index is 2.75. The summed E-state index contributed by atoms with van der Waals surface area (Å²) in [6, 6.07) is 10.3. The summed E-state index contributed by atoms with van der Waals surface area (Å²) in [4.78, 5) is 0. The number of rotatable bonds is 0. The molecule has 0 fully saturated rings. The van der Waals surface area contributed by atoms with Gasteiger partial charge in [0.2, 0.25) is 0 Å². The highest BCUT2D eigenvalue weighted by Gasteiger charge is 1.72. The van der Waals surface area contributed by atoms with Crippen molar-refractivity contribution in [2.75, 3.05) is 14.1 Å². The predicted octanol–water partition coefficient (Wildman–Crippen LogP) is 1.83. The number of aryl methyl sites for hydroxylation is 1. The van der Waals surface area contributed by atoms with Crippen molar-refractivity contribution in [1.29, 1.82) is 0 Å². The highest BCUT2D eigenvalue weighted by atomic mass is 14.7. The van der Waals surface area contributed by atoms with Gasteiger partial charge in [0.25, 0.3) is 0 Å². The van der Waals surface area contributed by atoms with Gasteiger partial charge >= 0.3 is 0 Å². The van der Waals surface area contributed by atoms with Crippen LogP contribution in [0.2, 0.25) is 0 Å². The van der Waals surface area contributed by atoms with Gasteiger partial charge in [0.05, 0.1) is 0 Å². The monoisotopic (exact) mass is 137 g/mol. The molecule has 1 rings (SSSR count).